The van der Waals surface area contributed by atoms with Gasteiger partial charge in [-0.15, -0.1) is 22.7 Å². The fourth-order valence-electron chi connectivity index (χ4n) is 2.10. The van der Waals surface area contributed by atoms with E-state index in [0.717, 1.165) is 34.2 Å². The summed E-state index contributed by atoms with van der Waals surface area (Å²) in [6.07, 6.45) is 1.39. The number of hydrogen-bond acceptors (Lipinski definition) is 5. The summed E-state index contributed by atoms with van der Waals surface area (Å²) in [7, 11) is 0. The fourth-order valence-corrected chi connectivity index (χ4v) is 3.54. The van der Waals surface area contributed by atoms with E-state index in [9.17, 15) is 4.79 Å². The third kappa shape index (κ3) is 3.81. The van der Waals surface area contributed by atoms with Crippen molar-refractivity contribution >= 4 is 33.6 Å². The summed E-state index contributed by atoms with van der Waals surface area (Å²) in [5.41, 5.74) is 2.11. The third-order valence-corrected chi connectivity index (χ3v) is 4.94. The van der Waals surface area contributed by atoms with Crippen molar-refractivity contribution in [1.29, 1.82) is 0 Å². The second kappa shape index (κ2) is 7.33. The number of nitrogens with zero attached hydrogens (tertiary/aromatic N) is 1. The number of aromatic nitrogens is 1. The molecule has 0 unspecified atom stereocenters. The Bertz CT molecular complexity index is 720. The van der Waals surface area contributed by atoms with Crippen LogP contribution in [0.1, 0.15) is 22.5 Å². The van der Waals surface area contributed by atoms with Gasteiger partial charge >= 0.3 is 0 Å². The number of benzene rings is 1. The first kappa shape index (κ1) is 14.9. The number of carbonyl (C=O) groups excluding carboxylic acids is 1. The van der Waals surface area contributed by atoms with Crippen LogP contribution in [0.4, 0.5) is 5.13 Å². The quantitative estimate of drug-likeness (QED) is 0.493. The van der Waals surface area contributed by atoms with Gasteiger partial charge in [0, 0.05) is 23.9 Å². The van der Waals surface area contributed by atoms with E-state index in [1.165, 1.54) is 11.3 Å². The maximum Gasteiger partial charge on any atom is 0.183 e. The van der Waals surface area contributed by atoms with E-state index < -0.39 is 0 Å². The Morgan fingerprint density at radius 1 is 1.09 bits per heavy atom. The lowest BCUT2D eigenvalue weighted by molar-refractivity contribution is 0.0985. The van der Waals surface area contributed by atoms with Gasteiger partial charge in [-0.1, -0.05) is 36.4 Å². The van der Waals surface area contributed by atoms with Crippen molar-refractivity contribution < 1.29 is 4.79 Å². The third-order valence-electron chi connectivity index (χ3n) is 3.23. The minimum Gasteiger partial charge on any atom is -0.361 e. The zero-order valence-electron chi connectivity index (χ0n) is 12.0. The van der Waals surface area contributed by atoms with Crippen LogP contribution in [-0.2, 0) is 0 Å². The highest BCUT2D eigenvalue weighted by Gasteiger charge is 2.07. The molecule has 0 bridgehead atoms. The molecule has 3 rings (SSSR count). The van der Waals surface area contributed by atoms with E-state index in [1.54, 1.807) is 11.3 Å². The Labute approximate surface area is 137 Å². The summed E-state index contributed by atoms with van der Waals surface area (Å²) in [6, 6.07) is 13.9. The summed E-state index contributed by atoms with van der Waals surface area (Å²) < 4.78 is 0. The lowest BCUT2D eigenvalue weighted by atomic mass is 10.2. The van der Waals surface area contributed by atoms with E-state index in [1.807, 2.05) is 35.7 Å². The number of nitrogens with one attached hydrogen (secondary N) is 1. The van der Waals surface area contributed by atoms with Gasteiger partial charge in [-0.05, 0) is 17.9 Å². The van der Waals surface area contributed by atoms with Gasteiger partial charge in [0.15, 0.2) is 10.9 Å². The molecule has 0 saturated heterocycles. The Kier molecular flexibility index (Phi) is 4.98. The Hall–Kier alpha value is -1.98. The van der Waals surface area contributed by atoms with Crippen molar-refractivity contribution in [3.63, 3.8) is 0 Å². The number of ketones is 1. The molecule has 5 heteroatoms. The molecular formula is C17H16N2OS2. The van der Waals surface area contributed by atoms with E-state index in [4.69, 9.17) is 0 Å². The standard InChI is InChI=1S/C17H16N2OS2/c20-15(16-9-5-11-21-16)8-4-10-18-17-19-14(12-22-17)13-6-2-1-3-7-13/h1-3,5-7,9,11-12H,4,8,10H2,(H,18,19). The van der Waals surface area contributed by atoms with E-state index in [0.29, 0.717) is 6.42 Å². The van der Waals surface area contributed by atoms with Crippen molar-refractivity contribution in [2.75, 3.05) is 11.9 Å². The van der Waals surface area contributed by atoms with Crippen LogP contribution in [0.2, 0.25) is 0 Å². The summed E-state index contributed by atoms with van der Waals surface area (Å²) in [5, 5.41) is 8.19. The van der Waals surface area contributed by atoms with Gasteiger partial charge in [-0.3, -0.25) is 4.79 Å². The SMILES string of the molecule is O=C(CCCNc1nc(-c2ccccc2)cs1)c1cccs1. The van der Waals surface area contributed by atoms with Gasteiger partial charge < -0.3 is 5.32 Å². The van der Waals surface area contributed by atoms with Gasteiger partial charge in [0.05, 0.1) is 10.6 Å². The number of thiazole rings is 1. The van der Waals surface area contributed by atoms with E-state index >= 15 is 0 Å². The minimum absolute atomic E-state index is 0.223. The zero-order chi connectivity index (χ0) is 15.2. The number of Topliss-reactive ketones (excluding diaryl/α,β-unsaturated/α-hetero) is 1. The molecule has 0 fully saturated rings. The maximum atomic E-state index is 11.9. The first-order valence-electron chi connectivity index (χ1n) is 7.14. The summed E-state index contributed by atoms with van der Waals surface area (Å²) in [5.74, 6) is 0.223. The van der Waals surface area contributed by atoms with Crippen molar-refractivity contribution in [3.05, 3.63) is 58.1 Å². The van der Waals surface area contributed by atoms with E-state index in [2.05, 4.69) is 27.8 Å². The molecule has 0 spiro atoms. The largest absolute Gasteiger partial charge is 0.361 e. The molecule has 2 heterocycles. The molecule has 0 saturated carbocycles. The second-order valence-corrected chi connectivity index (χ2v) is 6.64. The van der Waals surface area contributed by atoms with E-state index in [-0.39, 0.29) is 5.78 Å². The molecule has 0 aliphatic rings. The predicted molar refractivity (Wildman–Crippen MR) is 93.9 cm³/mol. The number of carbonyl (C=O) groups is 1. The average Bonchev–Trinajstić information content (AvgIpc) is 3.24. The highest BCUT2D eigenvalue weighted by molar-refractivity contribution is 7.14. The monoisotopic (exact) mass is 328 g/mol. The molecule has 22 heavy (non-hydrogen) atoms. The van der Waals surface area contributed by atoms with Crippen molar-refractivity contribution in [2.45, 2.75) is 12.8 Å². The highest BCUT2D eigenvalue weighted by Crippen LogP contribution is 2.24. The lowest BCUT2D eigenvalue weighted by Crippen LogP contribution is -2.04. The minimum atomic E-state index is 0.223. The van der Waals surface area contributed by atoms with Gasteiger partial charge in [0.2, 0.25) is 0 Å². The molecule has 112 valence electrons. The van der Waals surface area contributed by atoms with Crippen LogP contribution in [0, 0.1) is 0 Å². The molecule has 0 radical (unpaired) electrons. The molecule has 0 atom stereocenters. The van der Waals surface area contributed by atoms with Crippen LogP contribution >= 0.6 is 22.7 Å². The smallest absolute Gasteiger partial charge is 0.183 e. The van der Waals surface area contributed by atoms with Gasteiger partial charge in [0.1, 0.15) is 0 Å². The van der Waals surface area contributed by atoms with Crippen LogP contribution in [0.3, 0.4) is 0 Å². The summed E-state index contributed by atoms with van der Waals surface area (Å²) in [4.78, 5) is 17.3. The fraction of sp³-hybridized carbons (Fsp3) is 0.176. The summed E-state index contributed by atoms with van der Waals surface area (Å²) >= 11 is 3.10. The lowest BCUT2D eigenvalue weighted by Gasteiger charge is -2.01. The number of rotatable bonds is 7. The molecule has 0 amide bonds. The topological polar surface area (TPSA) is 42.0 Å². The Balaban J connectivity index is 1.47. The van der Waals surface area contributed by atoms with Crippen molar-refractivity contribution in [2.24, 2.45) is 0 Å². The van der Waals surface area contributed by atoms with Crippen LogP contribution in [0.25, 0.3) is 11.3 Å². The van der Waals surface area contributed by atoms with Crippen molar-refractivity contribution in [3.8, 4) is 11.3 Å². The molecule has 0 aliphatic carbocycles. The zero-order valence-corrected chi connectivity index (χ0v) is 13.6. The Morgan fingerprint density at radius 2 is 1.95 bits per heavy atom. The molecule has 3 nitrogen and oxygen atoms in total. The molecule has 1 N–H and O–H groups in total. The first-order chi connectivity index (χ1) is 10.8. The number of anilines is 1. The summed E-state index contributed by atoms with van der Waals surface area (Å²) in [6.45, 7) is 0.763. The van der Waals surface area contributed by atoms with Crippen LogP contribution < -0.4 is 5.32 Å². The van der Waals surface area contributed by atoms with Gasteiger partial charge in [-0.2, -0.15) is 0 Å². The van der Waals surface area contributed by atoms with Gasteiger partial charge in [0.25, 0.3) is 0 Å². The first-order valence-corrected chi connectivity index (χ1v) is 8.90. The Morgan fingerprint density at radius 3 is 2.73 bits per heavy atom. The normalized spacial score (nSPS) is 10.5. The van der Waals surface area contributed by atoms with Crippen molar-refractivity contribution in [1.82, 2.24) is 4.98 Å². The molecule has 0 aliphatic heterocycles. The highest BCUT2D eigenvalue weighted by atomic mass is 32.1. The van der Waals surface area contributed by atoms with Gasteiger partial charge in [-0.25, -0.2) is 4.98 Å². The average molecular weight is 328 g/mol. The maximum absolute atomic E-state index is 11.9. The molecule has 3 aromatic rings. The second-order valence-electron chi connectivity index (χ2n) is 4.83. The molecule has 1 aromatic carbocycles. The number of thiophene rings is 1. The van der Waals surface area contributed by atoms with Crippen LogP contribution in [-0.4, -0.2) is 17.3 Å². The van der Waals surface area contributed by atoms with Crippen LogP contribution in [0.5, 0.6) is 0 Å². The molecule has 2 aromatic heterocycles. The van der Waals surface area contributed by atoms with Crippen LogP contribution in [0.15, 0.2) is 53.2 Å². The molecular weight excluding hydrogens is 312 g/mol. The predicted octanol–water partition coefficient (Wildman–Crippen LogP) is 4.95. The number of hydrogen-bond donors (Lipinski definition) is 1.